The number of ketones is 2. The lowest BCUT2D eigenvalue weighted by atomic mass is 9.73. The minimum absolute atomic E-state index is 0.0103. The molecule has 0 bridgehead atoms. The van der Waals surface area contributed by atoms with Gasteiger partial charge < -0.3 is 19.3 Å². The summed E-state index contributed by atoms with van der Waals surface area (Å²) in [6.45, 7) is 14.9. The first-order valence-electron chi connectivity index (χ1n) is 26.3. The molecule has 1 atom stereocenters. The Bertz CT molecular complexity index is 3040. The molecule has 9 rings (SSSR count). The smallest absolute Gasteiger partial charge is 0.331 e. The van der Waals surface area contributed by atoms with Gasteiger partial charge in [0.25, 0.3) is 0 Å². The quantitative estimate of drug-likeness (QED) is 0.0838. The number of aromatic hydroxyl groups is 1. The minimum atomic E-state index is -3.72. The normalized spacial score (nSPS) is 20.6. The van der Waals surface area contributed by atoms with Crippen molar-refractivity contribution in [2.75, 3.05) is 0 Å². The number of benzene rings is 4. The van der Waals surface area contributed by atoms with Crippen molar-refractivity contribution in [1.29, 1.82) is 0 Å². The molecule has 2 aliphatic carbocycles. The first-order valence-corrected chi connectivity index (χ1v) is 26.3. The number of ether oxygens (including phenoxy) is 3. The second-order valence-corrected chi connectivity index (χ2v) is 22.0. The molecule has 11 heteroatoms. The number of unbranched alkanes of at least 4 members (excludes halogenated alkanes) is 6. The maximum absolute atomic E-state index is 16.6. The van der Waals surface area contributed by atoms with Crippen LogP contribution in [0.5, 0.6) is 11.5 Å². The molecule has 3 aliphatic heterocycles. The highest BCUT2D eigenvalue weighted by molar-refractivity contribution is 6.29. The van der Waals surface area contributed by atoms with Gasteiger partial charge in [0, 0.05) is 27.8 Å². The molecule has 0 saturated heterocycles. The Morgan fingerprint density at radius 2 is 1.16 bits per heavy atom. The van der Waals surface area contributed by atoms with Gasteiger partial charge in [-0.25, -0.2) is 4.39 Å². The number of rotatable bonds is 17. The van der Waals surface area contributed by atoms with E-state index in [1.165, 1.54) is 12.1 Å². The Kier molecular flexibility index (Phi) is 13.8. The van der Waals surface area contributed by atoms with Crippen LogP contribution in [-0.2, 0) is 48.7 Å². The SMILES string of the molecule is CCCCCC1=CC2=C(C(=O)C1(F)F)c1cc(C)ccc1C(CCCCCC1=CC(=O)C3=C(OC(C)(C)c4ccc(C)cc43)C1(F)F)(CCc1ccc3c(c1)-c1c(O)cc(CCCCC)c(F)c1OC3(C)C)O2. The van der Waals surface area contributed by atoms with Gasteiger partial charge in [0.05, 0.1) is 16.7 Å². The second kappa shape index (κ2) is 19.4. The Morgan fingerprint density at radius 1 is 0.575 bits per heavy atom. The monoisotopic (exact) mass is 1000 g/mol. The molecular weight excluding hydrogens is 936 g/mol. The molecule has 0 spiro atoms. The van der Waals surface area contributed by atoms with E-state index in [9.17, 15) is 14.7 Å². The highest BCUT2D eigenvalue weighted by Crippen LogP contribution is 2.55. The number of hydrogen-bond donors (Lipinski definition) is 1. The van der Waals surface area contributed by atoms with E-state index in [4.69, 9.17) is 14.2 Å². The fourth-order valence-corrected chi connectivity index (χ4v) is 11.7. The first kappa shape index (κ1) is 51.9. The van der Waals surface area contributed by atoms with Crippen LogP contribution < -0.4 is 4.74 Å². The standard InChI is InChI=1S/C62H67F5O6/c1-9-11-14-18-39-33-48(68)51-44-32-38(23-26-46(44)58(5,6)72-55(51)54(39)63)27-29-60(47-25-22-37(4)31-43(47)53-50(71-60)35-41(19-15-12-10-2)61(64,65)56(53)70)28-17-13-16-20-40-34-49(69)52-42-30-36(3)21-24-45(42)59(7,8)73-57(52)62(40,66)67/h21-26,30-35,68H,9-20,27-29H2,1-8H3. The minimum Gasteiger partial charge on any atom is -0.507 e. The van der Waals surface area contributed by atoms with Gasteiger partial charge in [-0.3, -0.25) is 9.59 Å². The Balaban J connectivity index is 1.04. The molecule has 3 heterocycles. The van der Waals surface area contributed by atoms with Crippen molar-refractivity contribution in [3.05, 3.63) is 151 Å². The summed E-state index contributed by atoms with van der Waals surface area (Å²) in [7, 11) is 0. The van der Waals surface area contributed by atoms with Crippen LogP contribution in [-0.4, -0.2) is 28.5 Å². The molecule has 0 amide bonds. The third-order valence-electron chi connectivity index (χ3n) is 15.7. The summed E-state index contributed by atoms with van der Waals surface area (Å²) < 4.78 is 101. The van der Waals surface area contributed by atoms with Crippen LogP contribution in [0.15, 0.2) is 95.5 Å². The maximum Gasteiger partial charge on any atom is 0.331 e. The van der Waals surface area contributed by atoms with E-state index < -0.39 is 51.8 Å². The van der Waals surface area contributed by atoms with Crippen LogP contribution in [0.3, 0.4) is 0 Å². The summed E-state index contributed by atoms with van der Waals surface area (Å²) in [6.07, 6.45) is 9.75. The van der Waals surface area contributed by atoms with Crippen LogP contribution >= 0.6 is 0 Å². The number of phenols is 1. The maximum atomic E-state index is 16.6. The van der Waals surface area contributed by atoms with Crippen molar-refractivity contribution in [3.8, 4) is 22.6 Å². The van der Waals surface area contributed by atoms with Crippen molar-refractivity contribution < 1.29 is 50.9 Å². The van der Waals surface area contributed by atoms with E-state index in [0.29, 0.717) is 91.2 Å². The summed E-state index contributed by atoms with van der Waals surface area (Å²) >= 11 is 0. The molecule has 4 aromatic carbocycles. The van der Waals surface area contributed by atoms with Crippen LogP contribution in [0.2, 0.25) is 0 Å². The summed E-state index contributed by atoms with van der Waals surface area (Å²) in [5.74, 6) is -10.1. The topological polar surface area (TPSA) is 82.1 Å². The average Bonchev–Trinajstić information content (AvgIpc) is 3.32. The third kappa shape index (κ3) is 9.25. The predicted molar refractivity (Wildman–Crippen MR) is 275 cm³/mol. The van der Waals surface area contributed by atoms with Crippen molar-refractivity contribution in [2.45, 2.75) is 180 Å². The van der Waals surface area contributed by atoms with Gasteiger partial charge in [-0.15, -0.1) is 0 Å². The molecule has 386 valence electrons. The van der Waals surface area contributed by atoms with Crippen molar-refractivity contribution in [2.24, 2.45) is 0 Å². The van der Waals surface area contributed by atoms with Gasteiger partial charge in [-0.05, 0) is 152 Å². The summed E-state index contributed by atoms with van der Waals surface area (Å²) in [5, 5.41) is 11.5. The van der Waals surface area contributed by atoms with Gasteiger partial charge in [-0.2, -0.15) is 17.6 Å². The zero-order valence-electron chi connectivity index (χ0n) is 43.4. The number of carbonyl (C=O) groups excluding carboxylic acids is 2. The zero-order chi connectivity index (χ0) is 52.4. The Labute approximate surface area is 426 Å². The number of allylic oxidation sites excluding steroid dienone is 6. The van der Waals surface area contributed by atoms with E-state index in [1.807, 2.05) is 77.1 Å². The average molecular weight is 1000 g/mol. The lowest BCUT2D eigenvalue weighted by Crippen LogP contribution is -2.41. The molecule has 1 N–H and O–H groups in total. The number of fused-ring (bicyclic) bond motifs is 7. The fraction of sp³-hybridized carbons (Fsp3) is 0.452. The largest absolute Gasteiger partial charge is 0.507 e. The number of phenolic OH excluding ortho intramolecular Hbond substituents is 1. The highest BCUT2D eigenvalue weighted by Gasteiger charge is 2.54. The molecule has 5 aliphatic rings. The number of Topliss-reactive ketones (excluding diaryl/α,β-unsaturated/α-hetero) is 1. The number of halogens is 5. The molecular formula is C62H67F5O6. The van der Waals surface area contributed by atoms with Crippen LogP contribution in [0.1, 0.15) is 175 Å². The molecule has 0 fully saturated rings. The number of alkyl halides is 4. The van der Waals surface area contributed by atoms with E-state index in [1.54, 1.807) is 26.0 Å². The molecule has 0 radical (unpaired) electrons. The van der Waals surface area contributed by atoms with Crippen LogP contribution in [0.4, 0.5) is 22.0 Å². The van der Waals surface area contributed by atoms with E-state index in [2.05, 4.69) is 6.92 Å². The van der Waals surface area contributed by atoms with E-state index >= 15 is 22.0 Å². The Hall–Kier alpha value is -5.97. The fourth-order valence-electron chi connectivity index (χ4n) is 11.7. The third-order valence-corrected chi connectivity index (χ3v) is 15.7. The lowest BCUT2D eigenvalue weighted by molar-refractivity contribution is -0.133. The van der Waals surface area contributed by atoms with Crippen molar-refractivity contribution in [3.63, 3.8) is 0 Å². The van der Waals surface area contributed by atoms with Gasteiger partial charge in [0.1, 0.15) is 28.3 Å². The summed E-state index contributed by atoms with van der Waals surface area (Å²) in [4.78, 5) is 27.8. The van der Waals surface area contributed by atoms with Gasteiger partial charge >= 0.3 is 11.8 Å². The molecule has 0 aromatic heterocycles. The van der Waals surface area contributed by atoms with Crippen LogP contribution in [0.25, 0.3) is 22.3 Å². The van der Waals surface area contributed by atoms with Crippen molar-refractivity contribution in [1.82, 2.24) is 0 Å². The summed E-state index contributed by atoms with van der Waals surface area (Å²) in [6, 6.07) is 18.3. The van der Waals surface area contributed by atoms with Gasteiger partial charge in [-0.1, -0.05) is 112 Å². The highest BCUT2D eigenvalue weighted by atomic mass is 19.3. The van der Waals surface area contributed by atoms with Gasteiger partial charge in [0.2, 0.25) is 5.78 Å². The van der Waals surface area contributed by atoms with Gasteiger partial charge in [0.15, 0.2) is 23.1 Å². The number of aryl methyl sites for hydroxylation is 4. The number of hydrogen-bond acceptors (Lipinski definition) is 6. The van der Waals surface area contributed by atoms with Crippen molar-refractivity contribution >= 4 is 22.7 Å². The molecule has 1 unspecified atom stereocenters. The molecule has 0 saturated carbocycles. The number of carbonyl (C=O) groups is 2. The Morgan fingerprint density at radius 3 is 1.85 bits per heavy atom. The summed E-state index contributed by atoms with van der Waals surface area (Å²) in [5.41, 5.74) is 2.55. The molecule has 4 aromatic rings. The second-order valence-electron chi connectivity index (χ2n) is 22.0. The molecule has 73 heavy (non-hydrogen) atoms. The van der Waals surface area contributed by atoms with Crippen LogP contribution in [0, 0.1) is 19.7 Å². The molecule has 6 nitrogen and oxygen atoms in total. The zero-order valence-corrected chi connectivity index (χ0v) is 43.4. The predicted octanol–water partition coefficient (Wildman–Crippen LogP) is 16.2. The van der Waals surface area contributed by atoms with E-state index in [0.717, 1.165) is 54.0 Å². The van der Waals surface area contributed by atoms with E-state index in [-0.39, 0.29) is 58.0 Å². The first-order chi connectivity index (χ1) is 34.5. The lowest BCUT2D eigenvalue weighted by Gasteiger charge is -2.43.